The summed E-state index contributed by atoms with van der Waals surface area (Å²) < 4.78 is 10.8. The van der Waals surface area contributed by atoms with Gasteiger partial charge in [0.2, 0.25) is 0 Å². The number of rotatable bonds is 7. The quantitative estimate of drug-likeness (QED) is 0.741. The van der Waals surface area contributed by atoms with Crippen LogP contribution in [0.3, 0.4) is 0 Å². The van der Waals surface area contributed by atoms with Gasteiger partial charge in [-0.25, -0.2) is 0 Å². The van der Waals surface area contributed by atoms with E-state index in [1.54, 1.807) is 6.07 Å². The zero-order valence-electron chi connectivity index (χ0n) is 14.5. The van der Waals surface area contributed by atoms with Crippen molar-refractivity contribution in [3.63, 3.8) is 0 Å². The van der Waals surface area contributed by atoms with Crippen molar-refractivity contribution in [3.05, 3.63) is 47.4 Å². The number of halogens is 1. The fraction of sp³-hybridized carbons (Fsp3) is 0.389. The van der Waals surface area contributed by atoms with Crippen LogP contribution in [-0.2, 0) is 0 Å². The molecule has 5 nitrogen and oxygen atoms in total. The number of hydrogen-bond donors (Lipinski definition) is 2. The molecule has 2 N–H and O–H groups in total. The molecule has 6 heteroatoms. The van der Waals surface area contributed by atoms with Gasteiger partial charge in [-0.3, -0.25) is 4.79 Å². The normalized spacial score (nSPS) is 10.4. The standard InChI is InChI=1S/C18H24N2O3.ClH/c1-12(2)19-6-8-23-17-13(3)9-16(10-14(17)4)20-18(21)15-5-7-22-11-15;/h5,7,9-12,19H,6,8H2,1-4H3,(H,20,21);1H. The van der Waals surface area contributed by atoms with Crippen LogP contribution in [0.15, 0.2) is 35.1 Å². The number of amides is 1. The van der Waals surface area contributed by atoms with E-state index in [0.717, 1.165) is 29.1 Å². The zero-order chi connectivity index (χ0) is 16.8. The smallest absolute Gasteiger partial charge is 0.258 e. The van der Waals surface area contributed by atoms with Gasteiger partial charge in [0.1, 0.15) is 18.6 Å². The lowest BCUT2D eigenvalue weighted by Gasteiger charge is -2.15. The molecule has 2 rings (SSSR count). The summed E-state index contributed by atoms with van der Waals surface area (Å²) in [5.74, 6) is 0.684. The maximum Gasteiger partial charge on any atom is 0.258 e. The molecule has 0 atom stereocenters. The van der Waals surface area contributed by atoms with E-state index in [1.807, 2.05) is 26.0 Å². The molecule has 0 fully saturated rings. The number of benzene rings is 1. The molecule has 0 saturated heterocycles. The van der Waals surface area contributed by atoms with E-state index in [2.05, 4.69) is 24.5 Å². The summed E-state index contributed by atoms with van der Waals surface area (Å²) in [6.07, 6.45) is 2.90. The average molecular weight is 353 g/mol. The number of aryl methyl sites for hydroxylation is 2. The van der Waals surface area contributed by atoms with E-state index in [0.29, 0.717) is 18.2 Å². The van der Waals surface area contributed by atoms with E-state index < -0.39 is 0 Å². The first-order valence-corrected chi connectivity index (χ1v) is 7.78. The lowest BCUT2D eigenvalue weighted by Crippen LogP contribution is -2.27. The van der Waals surface area contributed by atoms with Crippen LogP contribution in [0, 0.1) is 13.8 Å². The van der Waals surface area contributed by atoms with E-state index >= 15 is 0 Å². The van der Waals surface area contributed by atoms with Crippen LogP contribution >= 0.6 is 12.4 Å². The molecule has 24 heavy (non-hydrogen) atoms. The third-order valence-electron chi connectivity index (χ3n) is 3.40. The van der Waals surface area contributed by atoms with Gasteiger partial charge in [-0.15, -0.1) is 12.4 Å². The first-order chi connectivity index (χ1) is 11.0. The highest BCUT2D eigenvalue weighted by atomic mass is 35.5. The lowest BCUT2D eigenvalue weighted by molar-refractivity contribution is 0.102. The number of carbonyl (C=O) groups is 1. The summed E-state index contributed by atoms with van der Waals surface area (Å²) in [6, 6.07) is 5.90. The predicted molar refractivity (Wildman–Crippen MR) is 98.5 cm³/mol. The Morgan fingerprint density at radius 3 is 2.46 bits per heavy atom. The van der Waals surface area contributed by atoms with Crippen LogP contribution < -0.4 is 15.4 Å². The van der Waals surface area contributed by atoms with Crippen LogP contribution in [0.4, 0.5) is 5.69 Å². The molecule has 1 heterocycles. The van der Waals surface area contributed by atoms with Gasteiger partial charge >= 0.3 is 0 Å². The zero-order valence-corrected chi connectivity index (χ0v) is 15.3. The summed E-state index contributed by atoms with van der Waals surface area (Å²) >= 11 is 0. The third-order valence-corrected chi connectivity index (χ3v) is 3.40. The van der Waals surface area contributed by atoms with E-state index in [4.69, 9.17) is 9.15 Å². The minimum absolute atomic E-state index is 0. The molecular formula is C18H25ClN2O3. The van der Waals surface area contributed by atoms with Crippen molar-refractivity contribution in [2.45, 2.75) is 33.7 Å². The second-order valence-corrected chi connectivity index (χ2v) is 5.86. The van der Waals surface area contributed by atoms with Crippen molar-refractivity contribution in [2.24, 2.45) is 0 Å². The summed E-state index contributed by atoms with van der Waals surface area (Å²) in [5.41, 5.74) is 3.24. The van der Waals surface area contributed by atoms with Crippen LogP contribution in [-0.4, -0.2) is 25.1 Å². The van der Waals surface area contributed by atoms with E-state index in [-0.39, 0.29) is 18.3 Å². The molecule has 0 unspecified atom stereocenters. The third kappa shape index (κ3) is 5.58. The lowest BCUT2D eigenvalue weighted by atomic mass is 10.1. The summed E-state index contributed by atoms with van der Waals surface area (Å²) in [6.45, 7) is 9.58. The molecule has 0 aliphatic heterocycles. The van der Waals surface area contributed by atoms with Crippen LogP contribution in [0.1, 0.15) is 35.3 Å². The topological polar surface area (TPSA) is 63.5 Å². The van der Waals surface area contributed by atoms with Gasteiger partial charge in [0.05, 0.1) is 11.8 Å². The van der Waals surface area contributed by atoms with E-state index in [1.165, 1.54) is 12.5 Å². The molecule has 0 radical (unpaired) electrons. The Labute approximate surface area is 149 Å². The van der Waals surface area contributed by atoms with Crippen molar-refractivity contribution in [1.29, 1.82) is 0 Å². The van der Waals surface area contributed by atoms with Gasteiger partial charge in [0, 0.05) is 18.3 Å². The Morgan fingerprint density at radius 1 is 1.25 bits per heavy atom. The van der Waals surface area contributed by atoms with Gasteiger partial charge < -0.3 is 19.8 Å². The molecule has 132 valence electrons. The monoisotopic (exact) mass is 352 g/mol. The molecule has 0 aliphatic rings. The van der Waals surface area contributed by atoms with Gasteiger partial charge in [0.25, 0.3) is 5.91 Å². The Bertz CT molecular complexity index is 631. The molecule has 1 amide bonds. The maximum atomic E-state index is 12.0. The first-order valence-electron chi connectivity index (χ1n) is 7.78. The highest BCUT2D eigenvalue weighted by Gasteiger charge is 2.11. The second kappa shape index (κ2) is 9.35. The highest BCUT2D eigenvalue weighted by molar-refractivity contribution is 6.04. The second-order valence-electron chi connectivity index (χ2n) is 5.86. The molecule has 0 aliphatic carbocycles. The Hall–Kier alpha value is -1.98. The van der Waals surface area contributed by atoms with E-state index in [9.17, 15) is 4.79 Å². The summed E-state index contributed by atoms with van der Waals surface area (Å²) in [7, 11) is 0. The van der Waals surface area contributed by atoms with Crippen molar-refractivity contribution < 1.29 is 13.9 Å². The fourth-order valence-corrected chi connectivity index (χ4v) is 2.35. The van der Waals surface area contributed by atoms with Crippen molar-refractivity contribution in [2.75, 3.05) is 18.5 Å². The average Bonchev–Trinajstić information content (AvgIpc) is 2.99. The first kappa shape index (κ1) is 20.1. The minimum Gasteiger partial charge on any atom is -0.492 e. The van der Waals surface area contributed by atoms with Crippen molar-refractivity contribution in [3.8, 4) is 5.75 Å². The number of anilines is 1. The highest BCUT2D eigenvalue weighted by Crippen LogP contribution is 2.27. The Morgan fingerprint density at radius 2 is 1.92 bits per heavy atom. The largest absolute Gasteiger partial charge is 0.492 e. The van der Waals surface area contributed by atoms with Gasteiger partial charge in [0.15, 0.2) is 0 Å². The Kier molecular flexibility index (Phi) is 7.82. The summed E-state index contributed by atoms with van der Waals surface area (Å²) in [4.78, 5) is 12.0. The number of ether oxygens (including phenoxy) is 1. The van der Waals surface area contributed by atoms with Crippen LogP contribution in [0.5, 0.6) is 5.75 Å². The number of nitrogens with one attached hydrogen (secondary N) is 2. The molecule has 1 aromatic heterocycles. The minimum atomic E-state index is -0.188. The maximum absolute atomic E-state index is 12.0. The van der Waals surface area contributed by atoms with Crippen molar-refractivity contribution >= 4 is 24.0 Å². The fourth-order valence-electron chi connectivity index (χ4n) is 2.35. The molecule has 1 aromatic carbocycles. The van der Waals surface area contributed by atoms with Crippen LogP contribution in [0.2, 0.25) is 0 Å². The van der Waals surface area contributed by atoms with Gasteiger partial charge in [-0.1, -0.05) is 13.8 Å². The SMILES string of the molecule is Cc1cc(NC(=O)c2ccoc2)cc(C)c1OCCNC(C)C.Cl. The van der Waals surface area contributed by atoms with Gasteiger partial charge in [-0.2, -0.15) is 0 Å². The molecule has 0 saturated carbocycles. The predicted octanol–water partition coefficient (Wildman–Crippen LogP) is 3.95. The molecule has 0 spiro atoms. The Balaban J connectivity index is 0.00000288. The van der Waals surface area contributed by atoms with Crippen molar-refractivity contribution in [1.82, 2.24) is 5.32 Å². The molecule has 0 bridgehead atoms. The molecular weight excluding hydrogens is 328 g/mol. The van der Waals surface area contributed by atoms with Gasteiger partial charge in [-0.05, 0) is 43.2 Å². The van der Waals surface area contributed by atoms with Crippen LogP contribution in [0.25, 0.3) is 0 Å². The number of carbonyl (C=O) groups excluding carboxylic acids is 1. The summed E-state index contributed by atoms with van der Waals surface area (Å²) in [5, 5.41) is 6.19. The molecule has 2 aromatic rings. The number of furan rings is 1. The number of hydrogen-bond acceptors (Lipinski definition) is 4.